The predicted molar refractivity (Wildman–Crippen MR) is 80.0 cm³/mol. The number of rotatable bonds is 3. The number of carbonyl (C=O) groups is 1. The number of H-pyrrole nitrogens is 1. The van der Waals surface area contributed by atoms with E-state index in [1.165, 1.54) is 0 Å². The van der Waals surface area contributed by atoms with E-state index < -0.39 is 0 Å². The van der Waals surface area contributed by atoms with Crippen LogP contribution in [0.25, 0.3) is 0 Å². The van der Waals surface area contributed by atoms with Crippen molar-refractivity contribution in [3.05, 3.63) is 34.2 Å². The van der Waals surface area contributed by atoms with Gasteiger partial charge in [-0.3, -0.25) is 9.89 Å². The third kappa shape index (κ3) is 3.02. The van der Waals surface area contributed by atoms with Crippen LogP contribution in [0.4, 0.5) is 0 Å². The van der Waals surface area contributed by atoms with Crippen LogP contribution in [0.2, 0.25) is 0 Å². The molecule has 0 radical (unpaired) electrons. The van der Waals surface area contributed by atoms with E-state index in [1.54, 1.807) is 12.1 Å². The van der Waals surface area contributed by atoms with Crippen LogP contribution in [0.1, 0.15) is 47.9 Å². The number of amides is 1. The number of halogens is 1. The molecule has 3 rings (SSSR count). The smallest absolute Gasteiger partial charge is 0.289 e. The third-order valence-corrected chi connectivity index (χ3v) is 4.17. The molecule has 1 amide bonds. The predicted octanol–water partition coefficient (Wildman–Crippen LogP) is 2.74. The summed E-state index contributed by atoms with van der Waals surface area (Å²) in [4.78, 5) is 18.7. The van der Waals surface area contributed by atoms with Gasteiger partial charge in [0.2, 0.25) is 0 Å². The van der Waals surface area contributed by atoms with Gasteiger partial charge in [-0.2, -0.15) is 5.10 Å². The quantitative estimate of drug-likeness (QED) is 0.921. The third-order valence-electron chi connectivity index (χ3n) is 3.74. The number of aromatic amines is 1. The maximum Gasteiger partial charge on any atom is 0.289 e. The minimum atomic E-state index is -0.0725. The molecular formula is C14H17BrN4O2. The van der Waals surface area contributed by atoms with E-state index in [9.17, 15) is 4.79 Å². The molecule has 2 aromatic heterocycles. The lowest BCUT2D eigenvalue weighted by molar-refractivity contribution is 0.0671. The lowest BCUT2D eigenvalue weighted by atomic mass is 9.97. The molecule has 6 nitrogen and oxygen atoms in total. The first-order valence-electron chi connectivity index (χ1n) is 7.13. The second-order valence-corrected chi connectivity index (χ2v) is 5.97. The normalized spacial score (nSPS) is 19.0. The second-order valence-electron chi connectivity index (χ2n) is 5.19. The highest BCUT2D eigenvalue weighted by Crippen LogP contribution is 2.26. The van der Waals surface area contributed by atoms with Gasteiger partial charge in [-0.25, -0.2) is 4.98 Å². The van der Waals surface area contributed by atoms with Gasteiger partial charge in [-0.05, 0) is 40.9 Å². The Kier molecular flexibility index (Phi) is 4.10. The van der Waals surface area contributed by atoms with E-state index in [2.05, 4.69) is 31.1 Å². The summed E-state index contributed by atoms with van der Waals surface area (Å²) in [5.41, 5.74) is 0. The number of hydrogen-bond donors (Lipinski definition) is 1. The lowest BCUT2D eigenvalue weighted by Crippen LogP contribution is -2.39. The molecule has 21 heavy (non-hydrogen) atoms. The maximum absolute atomic E-state index is 12.4. The summed E-state index contributed by atoms with van der Waals surface area (Å²) in [5, 5.41) is 7.22. The molecule has 1 fully saturated rings. The average molecular weight is 353 g/mol. The molecule has 0 bridgehead atoms. The monoisotopic (exact) mass is 352 g/mol. The second kappa shape index (κ2) is 6.01. The summed E-state index contributed by atoms with van der Waals surface area (Å²) >= 11 is 3.22. The van der Waals surface area contributed by atoms with Crippen LogP contribution >= 0.6 is 15.9 Å². The van der Waals surface area contributed by atoms with Crippen molar-refractivity contribution in [3.63, 3.8) is 0 Å². The number of hydrogen-bond acceptors (Lipinski definition) is 4. The van der Waals surface area contributed by atoms with Gasteiger partial charge in [0.15, 0.2) is 16.3 Å². The van der Waals surface area contributed by atoms with E-state index in [4.69, 9.17) is 4.42 Å². The Morgan fingerprint density at radius 2 is 2.43 bits per heavy atom. The Morgan fingerprint density at radius 1 is 1.57 bits per heavy atom. The van der Waals surface area contributed by atoms with Crippen molar-refractivity contribution in [1.29, 1.82) is 0 Å². The zero-order valence-electron chi connectivity index (χ0n) is 11.8. The van der Waals surface area contributed by atoms with Crippen molar-refractivity contribution in [2.75, 3.05) is 13.1 Å². The molecule has 0 unspecified atom stereocenters. The number of nitrogens with zero attached hydrogens (tertiary/aromatic N) is 3. The molecule has 1 saturated heterocycles. The minimum Gasteiger partial charge on any atom is -0.444 e. The van der Waals surface area contributed by atoms with Crippen LogP contribution in [0.5, 0.6) is 0 Å². The number of likely N-dealkylation sites (tertiary alicyclic amines) is 1. The summed E-state index contributed by atoms with van der Waals surface area (Å²) in [6.07, 6.45) is 2.80. The Bertz CT molecular complexity index is 636. The molecule has 1 aliphatic rings. The zero-order chi connectivity index (χ0) is 14.8. The highest BCUT2D eigenvalue weighted by Gasteiger charge is 2.29. The number of carbonyl (C=O) groups excluding carboxylic acids is 1. The highest BCUT2D eigenvalue weighted by molar-refractivity contribution is 9.10. The molecule has 2 aromatic rings. The summed E-state index contributed by atoms with van der Waals surface area (Å²) in [5.74, 6) is 2.19. The molecule has 7 heteroatoms. The Hall–Kier alpha value is -1.63. The van der Waals surface area contributed by atoms with Crippen molar-refractivity contribution in [1.82, 2.24) is 20.1 Å². The first-order chi connectivity index (χ1) is 10.2. The van der Waals surface area contributed by atoms with Gasteiger partial charge in [0.1, 0.15) is 5.82 Å². The zero-order valence-corrected chi connectivity index (χ0v) is 13.4. The molecule has 0 aliphatic carbocycles. The van der Waals surface area contributed by atoms with Crippen LogP contribution in [0.15, 0.2) is 21.2 Å². The van der Waals surface area contributed by atoms with E-state index >= 15 is 0 Å². The maximum atomic E-state index is 12.4. The Labute approximate surface area is 131 Å². The molecule has 0 saturated carbocycles. The number of furan rings is 1. The van der Waals surface area contributed by atoms with Gasteiger partial charge in [-0.1, -0.05) is 6.92 Å². The van der Waals surface area contributed by atoms with Gasteiger partial charge < -0.3 is 9.32 Å². The van der Waals surface area contributed by atoms with Crippen molar-refractivity contribution in [3.8, 4) is 0 Å². The summed E-state index contributed by atoms with van der Waals surface area (Å²) in [6.45, 7) is 3.42. The summed E-state index contributed by atoms with van der Waals surface area (Å²) in [6, 6.07) is 3.43. The summed E-state index contributed by atoms with van der Waals surface area (Å²) < 4.78 is 5.92. The molecule has 3 heterocycles. The largest absolute Gasteiger partial charge is 0.444 e. The standard InChI is InChI=1S/C14H17BrN4O2/c1-2-12-16-13(18-17-12)9-4-3-7-19(8-9)14(20)10-5-6-11(15)21-10/h5-6,9H,2-4,7-8H2,1H3,(H,16,17,18)/t9-/m0/s1. The Balaban J connectivity index is 1.72. The van der Waals surface area contributed by atoms with E-state index in [-0.39, 0.29) is 11.8 Å². The molecular weight excluding hydrogens is 336 g/mol. The fourth-order valence-corrected chi connectivity index (χ4v) is 2.91. The summed E-state index contributed by atoms with van der Waals surface area (Å²) in [7, 11) is 0. The fourth-order valence-electron chi connectivity index (χ4n) is 2.61. The minimum absolute atomic E-state index is 0.0725. The first kappa shape index (κ1) is 14.3. The fraction of sp³-hybridized carbons (Fsp3) is 0.500. The number of aromatic nitrogens is 3. The van der Waals surface area contributed by atoms with Crippen molar-refractivity contribution in [2.24, 2.45) is 0 Å². The number of nitrogens with one attached hydrogen (secondary N) is 1. The van der Waals surface area contributed by atoms with E-state index in [0.717, 1.165) is 37.5 Å². The van der Waals surface area contributed by atoms with Crippen molar-refractivity contribution >= 4 is 21.8 Å². The number of aryl methyl sites for hydroxylation is 1. The average Bonchev–Trinajstić information content (AvgIpc) is 3.15. The van der Waals surface area contributed by atoms with Crippen LogP contribution in [-0.2, 0) is 6.42 Å². The van der Waals surface area contributed by atoms with E-state index in [0.29, 0.717) is 17.0 Å². The molecule has 0 spiro atoms. The van der Waals surface area contributed by atoms with Gasteiger partial charge in [0.05, 0.1) is 0 Å². The molecule has 0 aromatic carbocycles. The van der Waals surface area contributed by atoms with E-state index in [1.807, 2.05) is 11.8 Å². The van der Waals surface area contributed by atoms with Crippen LogP contribution in [-0.4, -0.2) is 39.1 Å². The van der Waals surface area contributed by atoms with Gasteiger partial charge >= 0.3 is 0 Å². The van der Waals surface area contributed by atoms with Crippen LogP contribution in [0, 0.1) is 0 Å². The van der Waals surface area contributed by atoms with Crippen LogP contribution in [0.3, 0.4) is 0 Å². The highest BCUT2D eigenvalue weighted by atomic mass is 79.9. The molecule has 1 aliphatic heterocycles. The first-order valence-corrected chi connectivity index (χ1v) is 7.92. The molecule has 1 atom stereocenters. The Morgan fingerprint density at radius 3 is 3.10 bits per heavy atom. The van der Waals surface area contributed by atoms with Gasteiger partial charge in [0.25, 0.3) is 5.91 Å². The van der Waals surface area contributed by atoms with Gasteiger partial charge in [0, 0.05) is 25.4 Å². The molecule has 1 N–H and O–H groups in total. The lowest BCUT2D eigenvalue weighted by Gasteiger charge is -2.30. The van der Waals surface area contributed by atoms with Gasteiger partial charge in [-0.15, -0.1) is 0 Å². The molecule has 112 valence electrons. The van der Waals surface area contributed by atoms with Crippen molar-refractivity contribution < 1.29 is 9.21 Å². The number of piperidine rings is 1. The van der Waals surface area contributed by atoms with Crippen molar-refractivity contribution in [2.45, 2.75) is 32.1 Å². The topological polar surface area (TPSA) is 75.0 Å². The van der Waals surface area contributed by atoms with Crippen LogP contribution < -0.4 is 0 Å². The SMILES string of the molecule is CCc1nc([C@H]2CCCN(C(=O)c3ccc(Br)o3)C2)n[nH]1.